The molecule has 0 aromatic carbocycles. The number of hydrogen-bond donors (Lipinski definition) is 1. The van der Waals surface area contributed by atoms with Crippen molar-refractivity contribution >= 4 is 11.4 Å². The molecule has 2 fully saturated rings. The highest BCUT2D eigenvalue weighted by Gasteiger charge is 2.32. The Morgan fingerprint density at radius 1 is 1.26 bits per heavy atom. The number of hydrogen-bond acceptors (Lipinski definition) is 6. The second-order valence-corrected chi connectivity index (χ2v) is 8.24. The molecule has 3 aromatic rings. The number of carbonyl (C=O) groups is 1. The van der Waals surface area contributed by atoms with E-state index in [2.05, 4.69) is 21.6 Å². The summed E-state index contributed by atoms with van der Waals surface area (Å²) in [5.41, 5.74) is 2.98. The van der Waals surface area contributed by atoms with E-state index in [0.717, 1.165) is 50.0 Å². The van der Waals surface area contributed by atoms with Crippen LogP contribution in [0.15, 0.2) is 30.9 Å². The van der Waals surface area contributed by atoms with Crippen LogP contribution in [0.3, 0.4) is 0 Å². The van der Waals surface area contributed by atoms with Gasteiger partial charge in [-0.3, -0.25) is 9.48 Å². The fourth-order valence-corrected chi connectivity index (χ4v) is 4.65. The van der Waals surface area contributed by atoms with Crippen molar-refractivity contribution < 1.29 is 9.53 Å². The molecule has 31 heavy (non-hydrogen) atoms. The van der Waals surface area contributed by atoms with Gasteiger partial charge in [0.1, 0.15) is 22.9 Å². The Bertz CT molecular complexity index is 1150. The minimum Gasteiger partial charge on any atom is -0.494 e. The molecule has 160 valence electrons. The van der Waals surface area contributed by atoms with Crippen LogP contribution in [0.4, 0.5) is 0 Å². The first-order valence-electron chi connectivity index (χ1n) is 10.7. The number of ether oxygens (including phenoxy) is 1. The summed E-state index contributed by atoms with van der Waals surface area (Å²) in [6, 6.07) is 4.22. The third kappa shape index (κ3) is 3.53. The third-order valence-electron chi connectivity index (χ3n) is 6.35. The summed E-state index contributed by atoms with van der Waals surface area (Å²) in [5, 5.41) is 21.5. The van der Waals surface area contributed by atoms with Crippen LogP contribution in [0.1, 0.15) is 30.9 Å². The van der Waals surface area contributed by atoms with E-state index in [-0.39, 0.29) is 17.9 Å². The van der Waals surface area contributed by atoms with E-state index in [9.17, 15) is 10.1 Å². The normalized spacial score (nSPS) is 21.4. The predicted molar refractivity (Wildman–Crippen MR) is 114 cm³/mol. The van der Waals surface area contributed by atoms with Gasteiger partial charge in [0.05, 0.1) is 31.5 Å². The maximum Gasteiger partial charge on any atom is 0.227 e. The van der Waals surface area contributed by atoms with E-state index in [1.54, 1.807) is 11.6 Å². The molecule has 2 saturated heterocycles. The fraction of sp³-hybridized carbons (Fsp3) is 0.455. The number of nitrogens with one attached hydrogen (secondary N) is 1. The number of nitriles is 1. The number of amides is 1. The second kappa shape index (κ2) is 8.04. The molecule has 0 spiro atoms. The van der Waals surface area contributed by atoms with Crippen LogP contribution in [-0.2, 0) is 4.79 Å². The summed E-state index contributed by atoms with van der Waals surface area (Å²) in [5.74, 6) is 0.967. The van der Waals surface area contributed by atoms with Crippen molar-refractivity contribution in [1.82, 2.24) is 29.6 Å². The lowest BCUT2D eigenvalue weighted by Gasteiger charge is -2.26. The maximum absolute atomic E-state index is 12.8. The number of nitrogens with zero attached hydrogens (tertiary/aromatic N) is 6. The number of pyridine rings is 1. The Kier molecular flexibility index (Phi) is 5.08. The zero-order chi connectivity index (χ0) is 21.4. The Labute approximate surface area is 180 Å². The zero-order valence-electron chi connectivity index (χ0n) is 17.5. The van der Waals surface area contributed by atoms with Crippen molar-refractivity contribution in [2.75, 3.05) is 33.3 Å². The van der Waals surface area contributed by atoms with Crippen LogP contribution >= 0.6 is 0 Å². The van der Waals surface area contributed by atoms with Crippen molar-refractivity contribution in [3.8, 4) is 22.9 Å². The highest BCUT2D eigenvalue weighted by atomic mass is 16.5. The number of aromatic nitrogens is 4. The van der Waals surface area contributed by atoms with Crippen LogP contribution in [0.5, 0.6) is 5.75 Å². The van der Waals surface area contributed by atoms with Gasteiger partial charge < -0.3 is 15.0 Å². The van der Waals surface area contributed by atoms with Gasteiger partial charge in [-0.1, -0.05) is 0 Å². The molecule has 2 aliphatic rings. The molecule has 1 amide bonds. The van der Waals surface area contributed by atoms with Gasteiger partial charge >= 0.3 is 0 Å². The monoisotopic (exact) mass is 419 g/mol. The number of methoxy groups -OCH3 is 1. The molecule has 5 rings (SSSR count). The van der Waals surface area contributed by atoms with E-state index < -0.39 is 0 Å². The topological polar surface area (TPSA) is 100 Å². The molecule has 2 atom stereocenters. The van der Waals surface area contributed by atoms with Crippen LogP contribution in [-0.4, -0.2) is 63.5 Å². The first-order valence-corrected chi connectivity index (χ1v) is 10.7. The number of piperidine rings is 1. The standard InChI is InChI=1S/C22H25N7O2/c1-31-20-7-16(12-29-21(20)17(8-23)10-26-29)18-11-25-28(13-18)19-4-6-27(14-19)22(30)15-3-2-5-24-9-15/h7,10-13,15,19,24H,2-6,9,14H2,1H3/t15-,19-/m0/s1. The van der Waals surface area contributed by atoms with E-state index in [0.29, 0.717) is 23.4 Å². The number of fused-ring (bicyclic) bond motifs is 1. The minimum absolute atomic E-state index is 0.104. The SMILES string of the molecule is COc1cc(-c2cnn([C@H]3CCN(C(=O)[C@H]4CCCNC4)C3)c2)cn2ncc(C#N)c12. The molecular formula is C22H25N7O2. The second-order valence-electron chi connectivity index (χ2n) is 8.24. The molecule has 1 N–H and O–H groups in total. The van der Waals surface area contributed by atoms with Gasteiger partial charge in [-0.05, 0) is 31.9 Å². The summed E-state index contributed by atoms with van der Waals surface area (Å²) in [6.45, 7) is 3.27. The molecule has 0 saturated carbocycles. The van der Waals surface area contributed by atoms with Gasteiger partial charge in [0.25, 0.3) is 0 Å². The zero-order valence-corrected chi connectivity index (χ0v) is 17.5. The highest BCUT2D eigenvalue weighted by molar-refractivity contribution is 5.79. The molecule has 3 aromatic heterocycles. The lowest BCUT2D eigenvalue weighted by Crippen LogP contribution is -2.42. The summed E-state index contributed by atoms with van der Waals surface area (Å²) in [6.07, 6.45) is 10.2. The van der Waals surface area contributed by atoms with Crippen molar-refractivity contribution in [2.24, 2.45) is 5.92 Å². The first-order chi connectivity index (χ1) is 15.2. The molecule has 0 bridgehead atoms. The van der Waals surface area contributed by atoms with Crippen molar-refractivity contribution in [3.05, 3.63) is 36.4 Å². The van der Waals surface area contributed by atoms with Gasteiger partial charge in [0, 0.05) is 43.2 Å². The summed E-state index contributed by atoms with van der Waals surface area (Å²) >= 11 is 0. The van der Waals surface area contributed by atoms with E-state index >= 15 is 0 Å². The average molecular weight is 419 g/mol. The van der Waals surface area contributed by atoms with Crippen molar-refractivity contribution in [2.45, 2.75) is 25.3 Å². The smallest absolute Gasteiger partial charge is 0.227 e. The van der Waals surface area contributed by atoms with Crippen molar-refractivity contribution in [1.29, 1.82) is 5.26 Å². The maximum atomic E-state index is 12.8. The van der Waals surface area contributed by atoms with Gasteiger partial charge in [0.15, 0.2) is 0 Å². The van der Waals surface area contributed by atoms with E-state index in [1.807, 2.05) is 34.2 Å². The lowest BCUT2D eigenvalue weighted by molar-refractivity contribution is -0.135. The first kappa shape index (κ1) is 19.6. The number of rotatable bonds is 4. The van der Waals surface area contributed by atoms with Crippen LogP contribution < -0.4 is 10.1 Å². The van der Waals surface area contributed by atoms with E-state index in [4.69, 9.17) is 4.74 Å². The van der Waals surface area contributed by atoms with Gasteiger partial charge in [-0.25, -0.2) is 4.52 Å². The Morgan fingerprint density at radius 2 is 2.16 bits per heavy atom. The molecule has 0 unspecified atom stereocenters. The Balaban J connectivity index is 1.35. The summed E-state index contributed by atoms with van der Waals surface area (Å²) in [4.78, 5) is 14.8. The molecule has 9 heteroatoms. The molecule has 0 aliphatic carbocycles. The van der Waals surface area contributed by atoms with Gasteiger partial charge in [0.2, 0.25) is 5.91 Å². The average Bonchev–Trinajstić information content (AvgIpc) is 3.57. The minimum atomic E-state index is 0.104. The summed E-state index contributed by atoms with van der Waals surface area (Å²) < 4.78 is 9.13. The number of carbonyl (C=O) groups excluding carboxylic acids is 1. The van der Waals surface area contributed by atoms with Crippen molar-refractivity contribution in [3.63, 3.8) is 0 Å². The van der Waals surface area contributed by atoms with Gasteiger partial charge in [-0.15, -0.1) is 0 Å². The van der Waals surface area contributed by atoms with Crippen LogP contribution in [0.25, 0.3) is 16.6 Å². The quantitative estimate of drug-likeness (QED) is 0.693. The molecular weight excluding hydrogens is 394 g/mol. The highest BCUT2D eigenvalue weighted by Crippen LogP contribution is 2.31. The fourth-order valence-electron chi connectivity index (χ4n) is 4.65. The largest absolute Gasteiger partial charge is 0.494 e. The molecule has 9 nitrogen and oxygen atoms in total. The van der Waals surface area contributed by atoms with Crippen LogP contribution in [0.2, 0.25) is 0 Å². The van der Waals surface area contributed by atoms with Gasteiger partial charge in [-0.2, -0.15) is 15.5 Å². The Hall–Kier alpha value is -3.38. The molecule has 0 radical (unpaired) electrons. The Morgan fingerprint density at radius 3 is 2.94 bits per heavy atom. The molecule has 2 aliphatic heterocycles. The van der Waals surface area contributed by atoms with Crippen LogP contribution in [0, 0.1) is 17.2 Å². The lowest BCUT2D eigenvalue weighted by atomic mass is 9.98. The molecule has 5 heterocycles. The predicted octanol–water partition coefficient (Wildman–Crippen LogP) is 1.85. The van der Waals surface area contributed by atoms with E-state index in [1.165, 1.54) is 6.20 Å². The number of likely N-dealkylation sites (tertiary alicyclic amines) is 1. The summed E-state index contributed by atoms with van der Waals surface area (Å²) in [7, 11) is 1.59. The third-order valence-corrected chi connectivity index (χ3v) is 6.35.